The van der Waals surface area contributed by atoms with Crippen LogP contribution in [0.25, 0.3) is 0 Å². The summed E-state index contributed by atoms with van der Waals surface area (Å²) in [4.78, 5) is 0. The van der Waals surface area contributed by atoms with Gasteiger partial charge >= 0.3 is 10.4 Å². The number of hydrogen-bond donors (Lipinski definition) is 1. The fourth-order valence-corrected chi connectivity index (χ4v) is 1.94. The van der Waals surface area contributed by atoms with Crippen molar-refractivity contribution < 1.29 is 18.5 Å². The normalized spacial score (nSPS) is 14.6. The van der Waals surface area contributed by atoms with Gasteiger partial charge in [0.2, 0.25) is 0 Å². The highest BCUT2D eigenvalue weighted by Crippen LogP contribution is 2.10. The smallest absolute Gasteiger partial charge is 0.264 e. The fraction of sp³-hybridized carbons (Fsp3) is 1.00. The number of rotatable bonds is 12. The van der Waals surface area contributed by atoms with Crippen molar-refractivity contribution in [3.63, 3.8) is 0 Å². The summed E-state index contributed by atoms with van der Waals surface area (Å²) in [6.45, 7) is 1.02. The van der Waals surface area contributed by atoms with Crippen molar-refractivity contribution in [3.8, 4) is 0 Å². The molecule has 5 heteroatoms. The summed E-state index contributed by atoms with van der Waals surface area (Å²) in [6, 6.07) is 0. The third-order valence-electron chi connectivity index (χ3n) is 2.62. The number of hydrogen-bond acceptors (Lipinski definition) is 3. The molecule has 0 aromatic heterocycles. The molecule has 0 aliphatic carbocycles. The molecule has 104 valence electrons. The highest BCUT2D eigenvalue weighted by Gasteiger charge is 2.02. The Labute approximate surface area is 107 Å². The molecular formula is C12H26O4S. The van der Waals surface area contributed by atoms with Gasteiger partial charge in [0.05, 0.1) is 7.95 Å². The highest BCUT2D eigenvalue weighted by atomic mass is 32.3. The van der Waals surface area contributed by atoms with E-state index in [1.54, 1.807) is 0 Å². The standard InChI is InChI=1S/C12H26O4S/c1-2-3-4-5-6-7-8-9-10-11-12-16-17(13,14)15/h2-12H2,1H3,(H,13,14,15)/i12D. The zero-order chi connectivity index (χ0) is 13.9. The minimum atomic E-state index is -4.47. The molecule has 0 radical (unpaired) electrons. The van der Waals surface area contributed by atoms with Crippen LogP contribution in [0.5, 0.6) is 0 Å². The molecule has 0 amide bonds. The molecular weight excluding hydrogens is 240 g/mol. The van der Waals surface area contributed by atoms with Crippen LogP contribution in [0.2, 0.25) is 0 Å². The van der Waals surface area contributed by atoms with Crippen molar-refractivity contribution >= 4 is 10.4 Å². The molecule has 1 N–H and O–H groups in total. The van der Waals surface area contributed by atoms with Crippen molar-refractivity contribution in [2.75, 3.05) is 6.58 Å². The van der Waals surface area contributed by atoms with E-state index in [0.29, 0.717) is 6.42 Å². The largest absolute Gasteiger partial charge is 0.397 e. The second-order valence-corrected chi connectivity index (χ2v) is 5.36. The molecule has 0 saturated carbocycles. The summed E-state index contributed by atoms with van der Waals surface area (Å²) in [5.41, 5.74) is 0. The summed E-state index contributed by atoms with van der Waals surface area (Å²) in [5, 5.41) is 0. The summed E-state index contributed by atoms with van der Waals surface area (Å²) in [5.74, 6) is 0. The van der Waals surface area contributed by atoms with E-state index in [1.807, 2.05) is 0 Å². The Morgan fingerprint density at radius 2 is 1.35 bits per heavy atom. The van der Waals surface area contributed by atoms with Crippen molar-refractivity contribution in [1.29, 1.82) is 0 Å². The molecule has 0 rings (SSSR count). The predicted octanol–water partition coefficient (Wildman–Crippen LogP) is 3.73. The molecule has 0 aromatic rings. The zero-order valence-corrected chi connectivity index (χ0v) is 11.5. The SMILES string of the molecule is [2H]C(CCCCCCCCCCC)OS(=O)(=O)O. The minimum Gasteiger partial charge on any atom is -0.264 e. The third kappa shape index (κ3) is 15.9. The van der Waals surface area contributed by atoms with Crippen LogP contribution in [0.3, 0.4) is 0 Å². The molecule has 0 saturated heterocycles. The van der Waals surface area contributed by atoms with E-state index in [-0.39, 0.29) is 0 Å². The second-order valence-electron chi connectivity index (χ2n) is 4.31. The van der Waals surface area contributed by atoms with Crippen LogP contribution in [0, 0.1) is 0 Å². The van der Waals surface area contributed by atoms with Crippen LogP contribution in [-0.2, 0) is 14.6 Å². The molecule has 0 aliphatic heterocycles. The third-order valence-corrected chi connectivity index (χ3v) is 2.99. The van der Waals surface area contributed by atoms with Gasteiger partial charge in [-0.05, 0) is 6.42 Å². The molecule has 17 heavy (non-hydrogen) atoms. The average Bonchev–Trinajstić information content (AvgIpc) is 2.24. The quantitative estimate of drug-likeness (QED) is 0.432. The molecule has 4 nitrogen and oxygen atoms in total. The van der Waals surface area contributed by atoms with Gasteiger partial charge in [-0.2, -0.15) is 8.42 Å². The topological polar surface area (TPSA) is 63.6 Å². The van der Waals surface area contributed by atoms with Crippen LogP contribution in [0.15, 0.2) is 0 Å². The monoisotopic (exact) mass is 267 g/mol. The second kappa shape index (κ2) is 11.0. The van der Waals surface area contributed by atoms with Gasteiger partial charge in [-0.25, -0.2) is 4.18 Å². The lowest BCUT2D eigenvalue weighted by atomic mass is 10.1. The summed E-state index contributed by atoms with van der Waals surface area (Å²) in [7, 11) is -4.47. The summed E-state index contributed by atoms with van der Waals surface area (Å²) >= 11 is 0. The Bertz CT molecular complexity index is 280. The molecule has 0 aliphatic rings. The van der Waals surface area contributed by atoms with Crippen LogP contribution >= 0.6 is 0 Å². The van der Waals surface area contributed by atoms with Gasteiger partial charge in [0.1, 0.15) is 0 Å². The van der Waals surface area contributed by atoms with Gasteiger partial charge in [0, 0.05) is 0 Å². The molecule has 0 bridgehead atoms. The molecule has 0 spiro atoms. The first-order chi connectivity index (χ1) is 8.45. The van der Waals surface area contributed by atoms with Crippen LogP contribution in [-0.4, -0.2) is 19.6 Å². The number of unbranched alkanes of at least 4 members (excludes halogenated alkanes) is 8. The first-order valence-electron chi connectivity index (χ1n) is 7.11. The van der Waals surface area contributed by atoms with Crippen molar-refractivity contribution in [2.24, 2.45) is 0 Å². The van der Waals surface area contributed by atoms with Crippen LogP contribution in [0.4, 0.5) is 0 Å². The maximum absolute atomic E-state index is 10.3. The fourth-order valence-electron chi connectivity index (χ4n) is 1.67. The van der Waals surface area contributed by atoms with Crippen molar-refractivity contribution in [3.05, 3.63) is 0 Å². The Morgan fingerprint density at radius 3 is 1.76 bits per heavy atom. The Hall–Kier alpha value is -0.130. The van der Waals surface area contributed by atoms with Crippen LogP contribution in [0.1, 0.15) is 72.5 Å². The maximum atomic E-state index is 10.3. The molecule has 0 fully saturated rings. The minimum absolute atomic E-state index is 0.343. The van der Waals surface area contributed by atoms with Crippen LogP contribution < -0.4 is 0 Å². The van der Waals surface area contributed by atoms with Gasteiger partial charge in [0.15, 0.2) is 0 Å². The summed E-state index contributed by atoms with van der Waals surface area (Å²) in [6.07, 6.45) is 10.8. The van der Waals surface area contributed by atoms with Gasteiger partial charge in [-0.15, -0.1) is 0 Å². The lowest BCUT2D eigenvalue weighted by Crippen LogP contribution is -2.04. The van der Waals surface area contributed by atoms with Gasteiger partial charge < -0.3 is 0 Å². The maximum Gasteiger partial charge on any atom is 0.397 e. The molecule has 1 unspecified atom stereocenters. The first-order valence-corrected chi connectivity index (χ1v) is 7.90. The van der Waals surface area contributed by atoms with E-state index in [1.165, 1.54) is 38.5 Å². The lowest BCUT2D eigenvalue weighted by Gasteiger charge is -2.02. The van der Waals surface area contributed by atoms with E-state index < -0.39 is 17.0 Å². The Balaban J connectivity index is 3.25. The van der Waals surface area contributed by atoms with Gasteiger partial charge in [0.25, 0.3) is 0 Å². The van der Waals surface area contributed by atoms with Crippen molar-refractivity contribution in [1.82, 2.24) is 0 Å². The van der Waals surface area contributed by atoms with E-state index in [4.69, 9.17) is 5.92 Å². The highest BCUT2D eigenvalue weighted by molar-refractivity contribution is 7.80. The van der Waals surface area contributed by atoms with E-state index in [2.05, 4.69) is 11.1 Å². The predicted molar refractivity (Wildman–Crippen MR) is 69.3 cm³/mol. The Kier molecular flexibility index (Phi) is 9.65. The van der Waals surface area contributed by atoms with E-state index in [0.717, 1.165) is 19.3 Å². The average molecular weight is 267 g/mol. The van der Waals surface area contributed by atoms with E-state index >= 15 is 0 Å². The van der Waals surface area contributed by atoms with E-state index in [9.17, 15) is 8.42 Å². The first kappa shape index (κ1) is 14.9. The Morgan fingerprint density at radius 1 is 0.941 bits per heavy atom. The molecule has 0 heterocycles. The zero-order valence-electron chi connectivity index (χ0n) is 11.7. The molecule has 0 aromatic carbocycles. The van der Waals surface area contributed by atoms with Crippen molar-refractivity contribution in [2.45, 2.75) is 71.1 Å². The van der Waals surface area contributed by atoms with Gasteiger partial charge in [-0.1, -0.05) is 64.7 Å². The summed E-state index contributed by atoms with van der Waals surface area (Å²) < 4.78 is 40.4. The molecule has 1 atom stereocenters. The van der Waals surface area contributed by atoms with Gasteiger partial charge in [-0.3, -0.25) is 4.55 Å². The lowest BCUT2D eigenvalue weighted by molar-refractivity contribution is 0.261.